The Kier molecular flexibility index (Phi) is 4.78. The SMILES string of the molecule is N#Cc1cc2c(nc1SCC(=O)c1cc3ccccc3oc1=O)CCCC2. The summed E-state index contributed by atoms with van der Waals surface area (Å²) in [7, 11) is 0. The van der Waals surface area contributed by atoms with E-state index in [9.17, 15) is 14.9 Å². The van der Waals surface area contributed by atoms with Crippen LogP contribution in [0.25, 0.3) is 11.0 Å². The van der Waals surface area contributed by atoms with Crippen molar-refractivity contribution in [3.8, 4) is 6.07 Å². The van der Waals surface area contributed by atoms with E-state index in [2.05, 4.69) is 11.1 Å². The first-order chi connectivity index (χ1) is 13.2. The van der Waals surface area contributed by atoms with Crippen LogP contribution in [0.2, 0.25) is 0 Å². The Labute approximate surface area is 160 Å². The average Bonchev–Trinajstić information content (AvgIpc) is 2.70. The van der Waals surface area contributed by atoms with Crippen molar-refractivity contribution in [1.29, 1.82) is 5.26 Å². The van der Waals surface area contributed by atoms with E-state index >= 15 is 0 Å². The molecule has 3 aromatic rings. The summed E-state index contributed by atoms with van der Waals surface area (Å²) in [5.41, 5.74) is 2.47. The Morgan fingerprint density at radius 2 is 2.04 bits per heavy atom. The van der Waals surface area contributed by atoms with Gasteiger partial charge < -0.3 is 4.42 Å². The number of benzene rings is 1. The van der Waals surface area contributed by atoms with E-state index in [4.69, 9.17) is 4.42 Å². The fraction of sp³-hybridized carbons (Fsp3) is 0.238. The normalized spacial score (nSPS) is 13.1. The number of aromatic nitrogens is 1. The Balaban J connectivity index is 1.59. The molecule has 4 rings (SSSR count). The van der Waals surface area contributed by atoms with Crippen LogP contribution in [-0.2, 0) is 12.8 Å². The molecule has 2 aromatic heterocycles. The van der Waals surface area contributed by atoms with Crippen LogP contribution in [0.5, 0.6) is 0 Å². The van der Waals surface area contributed by atoms with Gasteiger partial charge in [0.1, 0.15) is 22.2 Å². The van der Waals surface area contributed by atoms with Crippen molar-refractivity contribution in [2.45, 2.75) is 30.7 Å². The molecule has 0 saturated heterocycles. The molecule has 1 aliphatic carbocycles. The molecule has 0 radical (unpaired) electrons. The van der Waals surface area contributed by atoms with Crippen LogP contribution in [-0.4, -0.2) is 16.5 Å². The van der Waals surface area contributed by atoms with Crippen molar-refractivity contribution in [3.05, 3.63) is 69.2 Å². The van der Waals surface area contributed by atoms with Gasteiger partial charge in [0, 0.05) is 11.1 Å². The van der Waals surface area contributed by atoms with Crippen molar-refractivity contribution in [3.63, 3.8) is 0 Å². The third kappa shape index (κ3) is 3.51. The molecule has 0 amide bonds. The summed E-state index contributed by atoms with van der Waals surface area (Å²) in [6, 6.07) is 12.7. The lowest BCUT2D eigenvalue weighted by Gasteiger charge is -2.16. The number of nitriles is 1. The lowest BCUT2D eigenvalue weighted by Crippen LogP contribution is -2.16. The van der Waals surface area contributed by atoms with Crippen molar-refractivity contribution >= 4 is 28.5 Å². The maximum absolute atomic E-state index is 12.6. The lowest BCUT2D eigenvalue weighted by atomic mass is 9.95. The summed E-state index contributed by atoms with van der Waals surface area (Å²) < 4.78 is 5.23. The van der Waals surface area contributed by atoms with Crippen molar-refractivity contribution in [2.24, 2.45) is 0 Å². The van der Waals surface area contributed by atoms with Gasteiger partial charge in [-0.25, -0.2) is 9.78 Å². The molecule has 1 aromatic carbocycles. The minimum atomic E-state index is -0.641. The number of fused-ring (bicyclic) bond motifs is 2. The van der Waals surface area contributed by atoms with Crippen molar-refractivity contribution in [2.75, 3.05) is 5.75 Å². The summed E-state index contributed by atoms with van der Waals surface area (Å²) in [5.74, 6) is -0.299. The molecule has 0 spiro atoms. The maximum atomic E-state index is 12.6. The van der Waals surface area contributed by atoms with Gasteiger partial charge in [0.05, 0.1) is 11.3 Å². The Bertz CT molecular complexity index is 1140. The molecule has 0 bridgehead atoms. The Hall–Kier alpha value is -2.91. The topological polar surface area (TPSA) is 84.0 Å². The minimum Gasteiger partial charge on any atom is -0.422 e. The summed E-state index contributed by atoms with van der Waals surface area (Å²) in [5, 5.41) is 10.7. The quantitative estimate of drug-likeness (QED) is 0.390. The largest absolute Gasteiger partial charge is 0.422 e. The van der Waals surface area contributed by atoms with Gasteiger partial charge in [-0.1, -0.05) is 30.0 Å². The third-order valence-electron chi connectivity index (χ3n) is 4.67. The number of rotatable bonds is 4. The molecular formula is C21H16N2O3S. The summed E-state index contributed by atoms with van der Waals surface area (Å²) in [4.78, 5) is 29.3. The van der Waals surface area contributed by atoms with Gasteiger partial charge in [0.15, 0.2) is 5.78 Å². The highest BCUT2D eigenvalue weighted by atomic mass is 32.2. The van der Waals surface area contributed by atoms with E-state index in [-0.39, 0.29) is 17.1 Å². The van der Waals surface area contributed by atoms with Gasteiger partial charge >= 0.3 is 5.63 Å². The third-order valence-corrected chi connectivity index (χ3v) is 5.66. The van der Waals surface area contributed by atoms with Crippen molar-refractivity contribution in [1.82, 2.24) is 4.98 Å². The number of hydrogen-bond acceptors (Lipinski definition) is 6. The molecule has 0 N–H and O–H groups in total. The van der Waals surface area contributed by atoms with Crippen molar-refractivity contribution < 1.29 is 9.21 Å². The van der Waals surface area contributed by atoms with E-state index in [1.165, 1.54) is 11.8 Å². The highest BCUT2D eigenvalue weighted by Gasteiger charge is 2.18. The summed E-state index contributed by atoms with van der Waals surface area (Å²) in [6.07, 6.45) is 4.05. The number of aryl methyl sites for hydroxylation is 2. The van der Waals surface area contributed by atoms with Gasteiger partial charge in [-0.15, -0.1) is 0 Å². The maximum Gasteiger partial charge on any atom is 0.347 e. The van der Waals surface area contributed by atoms with E-state index in [0.717, 1.165) is 36.9 Å². The number of nitrogens with zero attached hydrogens (tertiary/aromatic N) is 2. The number of carbonyl (C=O) groups excluding carboxylic acids is 1. The first kappa shape index (κ1) is 17.5. The molecule has 0 fully saturated rings. The fourth-order valence-electron chi connectivity index (χ4n) is 3.27. The monoisotopic (exact) mass is 376 g/mol. The zero-order chi connectivity index (χ0) is 18.8. The van der Waals surface area contributed by atoms with Crippen LogP contribution in [0.4, 0.5) is 0 Å². The number of pyridine rings is 1. The molecule has 0 atom stereocenters. The molecular weight excluding hydrogens is 360 g/mol. The molecule has 0 saturated carbocycles. The van der Waals surface area contributed by atoms with Crippen LogP contribution in [0.15, 0.2) is 50.6 Å². The van der Waals surface area contributed by atoms with Crippen LogP contribution < -0.4 is 5.63 Å². The highest BCUT2D eigenvalue weighted by Crippen LogP contribution is 2.27. The predicted octanol–water partition coefficient (Wildman–Crippen LogP) is 3.91. The second kappa shape index (κ2) is 7.37. The van der Waals surface area contributed by atoms with Gasteiger partial charge in [-0.3, -0.25) is 4.79 Å². The first-order valence-corrected chi connectivity index (χ1v) is 9.76. The minimum absolute atomic E-state index is 0.0256. The number of ketones is 1. The number of para-hydroxylation sites is 1. The standard InChI is InChI=1S/C21H16N2O3S/c22-11-15-9-13-5-1-3-7-17(13)23-20(15)27-12-18(24)16-10-14-6-2-4-8-19(14)26-21(16)25/h2,4,6,8-10H,1,3,5,7,12H2. The second-order valence-electron chi connectivity index (χ2n) is 6.46. The first-order valence-electron chi connectivity index (χ1n) is 8.77. The fourth-order valence-corrected chi connectivity index (χ4v) is 4.13. The highest BCUT2D eigenvalue weighted by molar-refractivity contribution is 8.00. The smallest absolute Gasteiger partial charge is 0.347 e. The molecule has 6 heteroatoms. The number of Topliss-reactive ketones (excluding diaryl/α,β-unsaturated/α-hetero) is 1. The Morgan fingerprint density at radius 3 is 2.89 bits per heavy atom. The average molecular weight is 376 g/mol. The van der Waals surface area contributed by atoms with Crippen LogP contribution in [0.3, 0.4) is 0 Å². The summed E-state index contributed by atoms with van der Waals surface area (Å²) in [6.45, 7) is 0. The summed E-state index contributed by atoms with van der Waals surface area (Å²) >= 11 is 1.20. The predicted molar refractivity (Wildman–Crippen MR) is 103 cm³/mol. The van der Waals surface area contributed by atoms with Crippen LogP contribution in [0.1, 0.15) is 40.0 Å². The number of carbonyl (C=O) groups is 1. The molecule has 5 nitrogen and oxygen atoms in total. The molecule has 0 aliphatic heterocycles. The number of thioether (sulfide) groups is 1. The van der Waals surface area contributed by atoms with Gasteiger partial charge in [-0.05, 0) is 49.4 Å². The van der Waals surface area contributed by atoms with Gasteiger partial charge in [0.2, 0.25) is 0 Å². The molecule has 134 valence electrons. The van der Waals surface area contributed by atoms with Gasteiger partial charge in [0.25, 0.3) is 0 Å². The van der Waals surface area contributed by atoms with Gasteiger partial charge in [-0.2, -0.15) is 5.26 Å². The van der Waals surface area contributed by atoms with E-state index in [1.807, 2.05) is 12.1 Å². The van der Waals surface area contributed by atoms with E-state index in [0.29, 0.717) is 21.6 Å². The lowest BCUT2D eigenvalue weighted by molar-refractivity contribution is 0.101. The zero-order valence-electron chi connectivity index (χ0n) is 14.5. The molecule has 1 aliphatic rings. The van der Waals surface area contributed by atoms with E-state index in [1.54, 1.807) is 24.3 Å². The van der Waals surface area contributed by atoms with Crippen LogP contribution >= 0.6 is 11.8 Å². The molecule has 27 heavy (non-hydrogen) atoms. The van der Waals surface area contributed by atoms with Crippen LogP contribution in [0, 0.1) is 11.3 Å². The second-order valence-corrected chi connectivity index (χ2v) is 7.43. The van der Waals surface area contributed by atoms with E-state index < -0.39 is 5.63 Å². The molecule has 0 unspecified atom stereocenters. The Morgan fingerprint density at radius 1 is 1.22 bits per heavy atom. The molecule has 2 heterocycles. The number of hydrogen-bond donors (Lipinski definition) is 0. The zero-order valence-corrected chi connectivity index (χ0v) is 15.3.